The van der Waals surface area contributed by atoms with Crippen LogP contribution in [0.5, 0.6) is 0 Å². The van der Waals surface area contributed by atoms with Crippen LogP contribution < -0.4 is 10.6 Å². The Balaban J connectivity index is 1.82. The van der Waals surface area contributed by atoms with Crippen LogP contribution in [0.3, 0.4) is 0 Å². The number of anilines is 1. The van der Waals surface area contributed by atoms with Crippen molar-refractivity contribution in [3.63, 3.8) is 0 Å². The van der Waals surface area contributed by atoms with Gasteiger partial charge in [-0.3, -0.25) is 10.00 Å². The van der Waals surface area contributed by atoms with Crippen LogP contribution in [0.25, 0.3) is 0 Å². The van der Waals surface area contributed by atoms with Gasteiger partial charge in [0.15, 0.2) is 5.82 Å². The van der Waals surface area contributed by atoms with E-state index in [-0.39, 0.29) is 18.0 Å². The third kappa shape index (κ3) is 4.76. The Hall–Kier alpha value is -2.04. The first-order valence-corrected chi connectivity index (χ1v) is 7.38. The molecular formula is C15H23N5O2. The van der Waals surface area contributed by atoms with Gasteiger partial charge in [-0.05, 0) is 20.5 Å². The van der Waals surface area contributed by atoms with Crippen molar-refractivity contribution in [1.29, 1.82) is 0 Å². The van der Waals surface area contributed by atoms with Crippen LogP contribution in [0.1, 0.15) is 6.42 Å². The molecule has 1 aromatic heterocycles. The van der Waals surface area contributed by atoms with E-state index >= 15 is 0 Å². The van der Waals surface area contributed by atoms with Crippen molar-refractivity contribution in [2.24, 2.45) is 5.92 Å². The van der Waals surface area contributed by atoms with Crippen molar-refractivity contribution in [2.75, 3.05) is 39.2 Å². The SMILES string of the molecule is C#C[C@H](NC(=O)Nc1ccn(CCN(C)C)n1)[C@@H]1CCOC1. The van der Waals surface area contributed by atoms with Crippen LogP contribution in [0.4, 0.5) is 10.6 Å². The van der Waals surface area contributed by atoms with Gasteiger partial charge in [-0.25, -0.2) is 4.79 Å². The molecule has 2 rings (SSSR count). The number of nitrogens with one attached hydrogen (secondary N) is 2. The molecule has 1 aliphatic rings. The molecule has 0 radical (unpaired) electrons. The molecule has 7 nitrogen and oxygen atoms in total. The number of ether oxygens (including phenoxy) is 1. The molecule has 22 heavy (non-hydrogen) atoms. The third-order valence-corrected chi connectivity index (χ3v) is 3.56. The number of likely N-dealkylation sites (N-methyl/N-ethyl adjacent to an activating group) is 1. The van der Waals surface area contributed by atoms with Crippen molar-refractivity contribution >= 4 is 11.8 Å². The number of carbonyl (C=O) groups excluding carboxylic acids is 1. The topological polar surface area (TPSA) is 71.4 Å². The number of urea groups is 1. The van der Waals surface area contributed by atoms with Crippen molar-refractivity contribution in [2.45, 2.75) is 19.0 Å². The van der Waals surface area contributed by atoms with Gasteiger partial charge in [-0.1, -0.05) is 5.92 Å². The minimum absolute atomic E-state index is 0.174. The van der Waals surface area contributed by atoms with Gasteiger partial charge in [0, 0.05) is 31.3 Å². The quantitative estimate of drug-likeness (QED) is 0.755. The number of carbonyl (C=O) groups is 1. The summed E-state index contributed by atoms with van der Waals surface area (Å²) in [6.45, 7) is 2.94. The number of aromatic nitrogens is 2. The summed E-state index contributed by atoms with van der Waals surface area (Å²) in [5, 5.41) is 9.79. The Morgan fingerprint density at radius 2 is 2.50 bits per heavy atom. The Labute approximate surface area is 131 Å². The number of rotatable bonds is 6. The summed E-state index contributed by atoms with van der Waals surface area (Å²) < 4.78 is 7.09. The lowest BCUT2D eigenvalue weighted by atomic mass is 10.00. The Bertz CT molecular complexity index is 528. The van der Waals surface area contributed by atoms with Gasteiger partial charge in [-0.2, -0.15) is 5.10 Å². The zero-order valence-electron chi connectivity index (χ0n) is 13.1. The van der Waals surface area contributed by atoms with E-state index in [1.54, 1.807) is 10.7 Å². The van der Waals surface area contributed by atoms with E-state index < -0.39 is 0 Å². The molecule has 0 bridgehead atoms. The van der Waals surface area contributed by atoms with Crippen LogP contribution in [-0.2, 0) is 11.3 Å². The number of terminal acetylenes is 1. The van der Waals surface area contributed by atoms with Crippen molar-refractivity contribution in [1.82, 2.24) is 20.0 Å². The fourth-order valence-electron chi connectivity index (χ4n) is 2.26. The average Bonchev–Trinajstić information content (AvgIpc) is 3.14. The van der Waals surface area contributed by atoms with Gasteiger partial charge in [-0.15, -0.1) is 6.42 Å². The minimum Gasteiger partial charge on any atom is -0.381 e. The zero-order valence-corrected chi connectivity index (χ0v) is 13.1. The second-order valence-electron chi connectivity index (χ2n) is 5.63. The highest BCUT2D eigenvalue weighted by Gasteiger charge is 2.25. The highest BCUT2D eigenvalue weighted by atomic mass is 16.5. The molecule has 2 atom stereocenters. The standard InChI is InChI=1S/C15H23N5O2/c1-4-13(12-6-10-22-11-12)16-15(21)17-14-5-7-20(18-14)9-8-19(2)3/h1,5,7,12-13H,6,8-11H2,2-3H3,(H2,16,17,18,21)/t12-,13+/m1/s1. The average molecular weight is 305 g/mol. The summed E-state index contributed by atoms with van der Waals surface area (Å²) in [7, 11) is 4.01. The van der Waals surface area contributed by atoms with E-state index in [1.807, 2.05) is 20.3 Å². The summed E-state index contributed by atoms with van der Waals surface area (Å²) in [5.74, 6) is 3.30. The smallest absolute Gasteiger partial charge is 0.321 e. The molecule has 1 aromatic rings. The van der Waals surface area contributed by atoms with Crippen LogP contribution in [0.15, 0.2) is 12.3 Å². The predicted octanol–water partition coefficient (Wildman–Crippen LogP) is 0.605. The molecule has 0 spiro atoms. The summed E-state index contributed by atoms with van der Waals surface area (Å²) in [4.78, 5) is 14.1. The molecule has 2 heterocycles. The first-order chi connectivity index (χ1) is 10.6. The normalized spacial score (nSPS) is 18.9. The molecule has 0 aliphatic carbocycles. The Morgan fingerprint density at radius 3 is 3.14 bits per heavy atom. The van der Waals surface area contributed by atoms with Crippen LogP contribution in [0, 0.1) is 18.3 Å². The first-order valence-electron chi connectivity index (χ1n) is 7.38. The highest BCUT2D eigenvalue weighted by Crippen LogP contribution is 2.16. The molecule has 1 fully saturated rings. The van der Waals surface area contributed by atoms with Gasteiger partial charge in [0.25, 0.3) is 0 Å². The number of nitrogens with zero attached hydrogens (tertiary/aromatic N) is 3. The van der Waals surface area contributed by atoms with E-state index in [2.05, 4.69) is 26.6 Å². The van der Waals surface area contributed by atoms with Crippen LogP contribution >= 0.6 is 0 Å². The molecule has 120 valence electrons. The van der Waals surface area contributed by atoms with Crippen molar-refractivity contribution < 1.29 is 9.53 Å². The number of hydrogen-bond donors (Lipinski definition) is 2. The van der Waals surface area contributed by atoms with Gasteiger partial charge >= 0.3 is 6.03 Å². The first kappa shape index (κ1) is 16.3. The predicted molar refractivity (Wildman–Crippen MR) is 84.5 cm³/mol. The second kappa shape index (κ2) is 7.82. The highest BCUT2D eigenvalue weighted by molar-refractivity contribution is 5.88. The molecule has 2 amide bonds. The van der Waals surface area contributed by atoms with Gasteiger partial charge in [0.1, 0.15) is 0 Å². The lowest BCUT2D eigenvalue weighted by molar-refractivity contribution is 0.181. The van der Waals surface area contributed by atoms with E-state index in [0.717, 1.165) is 19.5 Å². The van der Waals surface area contributed by atoms with Gasteiger partial charge in [0.2, 0.25) is 0 Å². The Morgan fingerprint density at radius 1 is 1.68 bits per heavy atom. The van der Waals surface area contributed by atoms with E-state index in [0.29, 0.717) is 19.0 Å². The fourth-order valence-corrected chi connectivity index (χ4v) is 2.26. The monoisotopic (exact) mass is 305 g/mol. The Kier molecular flexibility index (Phi) is 5.81. The third-order valence-electron chi connectivity index (χ3n) is 3.56. The van der Waals surface area contributed by atoms with E-state index in [9.17, 15) is 4.79 Å². The maximum absolute atomic E-state index is 12.0. The molecule has 2 N–H and O–H groups in total. The molecule has 1 saturated heterocycles. The lowest BCUT2D eigenvalue weighted by Crippen LogP contribution is -2.42. The molecule has 0 unspecified atom stereocenters. The largest absolute Gasteiger partial charge is 0.381 e. The zero-order chi connectivity index (χ0) is 15.9. The number of amides is 2. The second-order valence-corrected chi connectivity index (χ2v) is 5.63. The van der Waals surface area contributed by atoms with Gasteiger partial charge < -0.3 is 15.0 Å². The fraction of sp³-hybridized carbons (Fsp3) is 0.600. The van der Waals surface area contributed by atoms with Crippen LogP contribution in [0.2, 0.25) is 0 Å². The van der Waals surface area contributed by atoms with Crippen molar-refractivity contribution in [3.05, 3.63) is 12.3 Å². The molecule has 7 heteroatoms. The molecule has 1 aliphatic heterocycles. The maximum atomic E-state index is 12.0. The van der Waals surface area contributed by atoms with E-state index in [4.69, 9.17) is 11.2 Å². The summed E-state index contributed by atoms with van der Waals surface area (Å²) in [6.07, 6.45) is 8.20. The van der Waals surface area contributed by atoms with E-state index in [1.165, 1.54) is 0 Å². The summed E-state index contributed by atoms with van der Waals surface area (Å²) in [5.41, 5.74) is 0. The number of hydrogen-bond acceptors (Lipinski definition) is 4. The van der Waals surface area contributed by atoms with Crippen LogP contribution in [-0.4, -0.2) is 60.6 Å². The lowest BCUT2D eigenvalue weighted by Gasteiger charge is -2.18. The van der Waals surface area contributed by atoms with Gasteiger partial charge in [0.05, 0.1) is 19.2 Å². The minimum atomic E-state index is -0.340. The van der Waals surface area contributed by atoms with Crippen molar-refractivity contribution in [3.8, 4) is 12.3 Å². The molecule has 0 saturated carbocycles. The summed E-state index contributed by atoms with van der Waals surface area (Å²) >= 11 is 0. The molecular weight excluding hydrogens is 282 g/mol. The maximum Gasteiger partial charge on any atom is 0.321 e. The summed E-state index contributed by atoms with van der Waals surface area (Å²) in [6, 6.07) is 1.10. The molecule has 0 aromatic carbocycles.